The van der Waals surface area contributed by atoms with Crippen molar-refractivity contribution >= 4 is 6.29 Å². The van der Waals surface area contributed by atoms with Crippen LogP contribution in [-0.2, 0) is 14.3 Å². The van der Waals surface area contributed by atoms with Gasteiger partial charge in [-0.3, -0.25) is 4.79 Å². The topological polar surface area (TPSA) is 35.5 Å². The number of allylic oxidation sites excluding steroid dienone is 8. The summed E-state index contributed by atoms with van der Waals surface area (Å²) in [5.41, 5.74) is 4.88. The Morgan fingerprint density at radius 2 is 1.52 bits per heavy atom. The van der Waals surface area contributed by atoms with Gasteiger partial charge in [-0.2, -0.15) is 0 Å². The summed E-state index contributed by atoms with van der Waals surface area (Å²) in [7, 11) is 3.28. The van der Waals surface area contributed by atoms with Crippen LogP contribution in [0.3, 0.4) is 0 Å². The predicted molar refractivity (Wildman–Crippen MR) is 120 cm³/mol. The molecule has 3 heteroatoms. The lowest BCUT2D eigenvalue weighted by Crippen LogP contribution is -1.99. The normalized spacial score (nSPS) is 10.3. The number of carbonyl (C=O) groups is 1. The SMILES string of the molecule is C=C(C)/C=C(/CC)C(=C)C(=C)/C=C(/CCOC)C(=C)OC.C=CC=O.CC. The third-order valence-electron chi connectivity index (χ3n) is 3.20. The van der Waals surface area contributed by atoms with Gasteiger partial charge in [0, 0.05) is 7.11 Å². The van der Waals surface area contributed by atoms with Crippen LogP contribution in [0.5, 0.6) is 0 Å². The number of rotatable bonds is 11. The molecule has 0 fully saturated rings. The van der Waals surface area contributed by atoms with E-state index in [1.807, 2.05) is 32.9 Å². The molecule has 0 heterocycles. The summed E-state index contributed by atoms with van der Waals surface area (Å²) in [6.45, 7) is 27.9. The van der Waals surface area contributed by atoms with Crippen LogP contribution in [0.4, 0.5) is 0 Å². The van der Waals surface area contributed by atoms with E-state index in [9.17, 15) is 0 Å². The molecule has 0 amide bonds. The van der Waals surface area contributed by atoms with Crippen molar-refractivity contribution in [1.82, 2.24) is 0 Å². The quantitative estimate of drug-likeness (QED) is 0.178. The van der Waals surface area contributed by atoms with Crippen LogP contribution in [-0.4, -0.2) is 27.1 Å². The van der Waals surface area contributed by atoms with Gasteiger partial charge in [0.15, 0.2) is 0 Å². The average molecular weight is 375 g/mol. The van der Waals surface area contributed by atoms with Gasteiger partial charge in [-0.25, -0.2) is 0 Å². The van der Waals surface area contributed by atoms with Crippen LogP contribution in [0.2, 0.25) is 0 Å². The molecule has 0 N–H and O–H groups in total. The molecular weight excluding hydrogens is 336 g/mol. The molecule has 0 radical (unpaired) electrons. The molecule has 0 rings (SSSR count). The Morgan fingerprint density at radius 1 is 1.00 bits per heavy atom. The van der Waals surface area contributed by atoms with Crippen LogP contribution >= 0.6 is 0 Å². The molecule has 0 atom stereocenters. The van der Waals surface area contributed by atoms with Crippen molar-refractivity contribution < 1.29 is 14.3 Å². The van der Waals surface area contributed by atoms with Crippen molar-refractivity contribution in [3.8, 4) is 0 Å². The molecule has 0 unspecified atom stereocenters. The first-order valence-electron chi connectivity index (χ1n) is 9.02. The highest BCUT2D eigenvalue weighted by Gasteiger charge is 2.08. The second-order valence-corrected chi connectivity index (χ2v) is 5.28. The maximum absolute atomic E-state index is 9.06. The third kappa shape index (κ3) is 15.6. The Morgan fingerprint density at radius 3 is 1.85 bits per heavy atom. The van der Waals surface area contributed by atoms with Crippen molar-refractivity contribution in [3.05, 3.63) is 84.7 Å². The number of hydrogen-bond acceptors (Lipinski definition) is 3. The standard InChI is InChI=1S/C19H28O2.C3H4O.C2H6/c1-9-18(12-14(2)3)16(5)15(4)13-19(10-11-20-7)17(6)21-8;1-2-3-4;1-2/h12-13H,2,4-6,9-11H2,1,3,7-8H3;2-3H,1H2;1-2H3/b18-12-,19-13-;;. The Labute approximate surface area is 167 Å². The fraction of sp³-hybridized carbons (Fsp3) is 0.375. The third-order valence-corrected chi connectivity index (χ3v) is 3.20. The minimum absolute atomic E-state index is 0.607. The van der Waals surface area contributed by atoms with Gasteiger partial charge in [0.1, 0.15) is 12.0 Å². The summed E-state index contributed by atoms with van der Waals surface area (Å²) in [5, 5.41) is 0. The minimum Gasteiger partial charge on any atom is -0.497 e. The lowest BCUT2D eigenvalue weighted by Gasteiger charge is -2.13. The molecule has 0 aromatic rings. The van der Waals surface area contributed by atoms with Gasteiger partial charge in [-0.1, -0.05) is 65.3 Å². The second-order valence-electron chi connectivity index (χ2n) is 5.28. The van der Waals surface area contributed by atoms with Gasteiger partial charge in [0.25, 0.3) is 0 Å². The zero-order valence-electron chi connectivity index (χ0n) is 18.2. The van der Waals surface area contributed by atoms with Crippen molar-refractivity contribution in [1.29, 1.82) is 0 Å². The number of methoxy groups -OCH3 is 2. The van der Waals surface area contributed by atoms with Gasteiger partial charge in [0.2, 0.25) is 0 Å². The first-order chi connectivity index (χ1) is 12.8. The minimum atomic E-state index is 0.607. The van der Waals surface area contributed by atoms with Gasteiger partial charge in [-0.05, 0) is 54.2 Å². The highest BCUT2D eigenvalue weighted by atomic mass is 16.5. The van der Waals surface area contributed by atoms with E-state index in [1.54, 1.807) is 14.2 Å². The molecule has 0 aromatic carbocycles. The molecular formula is C24H38O3. The smallest absolute Gasteiger partial charge is 0.142 e. The highest BCUT2D eigenvalue weighted by molar-refractivity contribution is 5.63. The Hall–Kier alpha value is -2.39. The van der Waals surface area contributed by atoms with E-state index >= 15 is 0 Å². The Balaban J connectivity index is -0.000000841. The van der Waals surface area contributed by atoms with Crippen molar-refractivity contribution in [3.63, 3.8) is 0 Å². The Kier molecular flexibility index (Phi) is 21.7. The van der Waals surface area contributed by atoms with E-state index in [0.29, 0.717) is 18.7 Å². The fourth-order valence-electron chi connectivity index (χ4n) is 1.84. The van der Waals surface area contributed by atoms with Gasteiger partial charge in [0.05, 0.1) is 13.7 Å². The maximum Gasteiger partial charge on any atom is 0.142 e. The number of carbonyl (C=O) groups excluding carboxylic acids is 1. The molecule has 0 saturated carbocycles. The summed E-state index contributed by atoms with van der Waals surface area (Å²) in [5.74, 6) is 0.628. The van der Waals surface area contributed by atoms with E-state index in [1.165, 1.54) is 6.08 Å². The maximum atomic E-state index is 9.06. The number of hydrogen-bond donors (Lipinski definition) is 0. The molecule has 152 valence electrons. The van der Waals surface area contributed by atoms with Gasteiger partial charge < -0.3 is 9.47 Å². The molecule has 0 saturated heterocycles. The van der Waals surface area contributed by atoms with Crippen molar-refractivity contribution in [2.45, 2.75) is 40.5 Å². The van der Waals surface area contributed by atoms with Crippen LogP contribution in [0.25, 0.3) is 0 Å². The second kappa shape index (κ2) is 19.9. The molecule has 0 spiro atoms. The molecule has 3 nitrogen and oxygen atoms in total. The Bertz CT molecular complexity index is 554. The molecule has 0 aliphatic heterocycles. The first kappa shape index (κ1) is 29.4. The lowest BCUT2D eigenvalue weighted by atomic mass is 9.94. The van der Waals surface area contributed by atoms with E-state index in [4.69, 9.17) is 14.3 Å². The van der Waals surface area contributed by atoms with Gasteiger partial charge >= 0.3 is 0 Å². The first-order valence-corrected chi connectivity index (χ1v) is 9.02. The zero-order valence-corrected chi connectivity index (χ0v) is 18.2. The number of ether oxygens (including phenoxy) is 2. The summed E-state index contributed by atoms with van der Waals surface area (Å²) in [4.78, 5) is 9.06. The fourth-order valence-corrected chi connectivity index (χ4v) is 1.84. The van der Waals surface area contributed by atoms with E-state index < -0.39 is 0 Å². The highest BCUT2D eigenvalue weighted by Crippen LogP contribution is 2.25. The van der Waals surface area contributed by atoms with Crippen LogP contribution in [0, 0.1) is 0 Å². The van der Waals surface area contributed by atoms with Crippen LogP contribution in [0.15, 0.2) is 84.7 Å². The molecule has 0 bridgehead atoms. The molecule has 27 heavy (non-hydrogen) atoms. The largest absolute Gasteiger partial charge is 0.497 e. The van der Waals surface area contributed by atoms with E-state index in [2.05, 4.69) is 39.8 Å². The van der Waals surface area contributed by atoms with Gasteiger partial charge in [-0.15, -0.1) is 0 Å². The van der Waals surface area contributed by atoms with E-state index in [-0.39, 0.29) is 0 Å². The summed E-state index contributed by atoms with van der Waals surface area (Å²) >= 11 is 0. The van der Waals surface area contributed by atoms with Crippen molar-refractivity contribution in [2.24, 2.45) is 0 Å². The number of aldehydes is 1. The molecule has 0 aliphatic carbocycles. The monoisotopic (exact) mass is 374 g/mol. The van der Waals surface area contributed by atoms with Crippen LogP contribution in [0.1, 0.15) is 40.5 Å². The summed E-state index contributed by atoms with van der Waals surface area (Å²) < 4.78 is 10.3. The zero-order chi connectivity index (χ0) is 21.8. The molecule has 0 aromatic heterocycles. The van der Waals surface area contributed by atoms with Crippen LogP contribution < -0.4 is 0 Å². The lowest BCUT2D eigenvalue weighted by molar-refractivity contribution is -0.104. The van der Waals surface area contributed by atoms with Crippen molar-refractivity contribution in [2.75, 3.05) is 20.8 Å². The summed E-state index contributed by atoms with van der Waals surface area (Å²) in [6, 6.07) is 0. The average Bonchev–Trinajstić information content (AvgIpc) is 2.69. The molecule has 0 aliphatic rings. The summed E-state index contributed by atoms with van der Waals surface area (Å²) in [6.07, 6.45) is 7.45. The van der Waals surface area contributed by atoms with E-state index in [0.717, 1.165) is 40.7 Å². The predicted octanol–water partition coefficient (Wildman–Crippen LogP) is 6.53.